The van der Waals surface area contributed by atoms with Crippen molar-refractivity contribution >= 4 is 101 Å². The predicted octanol–water partition coefficient (Wildman–Crippen LogP) is 4.16. The van der Waals surface area contributed by atoms with Crippen molar-refractivity contribution in [2.75, 3.05) is 114 Å². The van der Waals surface area contributed by atoms with Crippen LogP contribution in [-0.4, -0.2) is 180 Å². The summed E-state index contributed by atoms with van der Waals surface area (Å²) >= 11 is 3.10. The third kappa shape index (κ3) is 16.5. The number of carboxylic acids is 1. The van der Waals surface area contributed by atoms with Gasteiger partial charge in [-0.2, -0.15) is 0 Å². The fourth-order valence-electron chi connectivity index (χ4n) is 10.9. The maximum Gasteiger partial charge on any atom is 1.00 e. The summed E-state index contributed by atoms with van der Waals surface area (Å²) in [6.45, 7) is 9.04. The number of hydrogen-bond acceptors (Lipinski definition) is 20. The van der Waals surface area contributed by atoms with Crippen molar-refractivity contribution in [3.05, 3.63) is 82.1 Å². The van der Waals surface area contributed by atoms with Crippen molar-refractivity contribution in [1.29, 1.82) is 0 Å². The van der Waals surface area contributed by atoms with Crippen LogP contribution in [0.5, 0.6) is 0 Å². The Morgan fingerprint density at radius 2 is 1.13 bits per heavy atom. The molecule has 6 aromatic heterocycles. The maximum absolute atomic E-state index is 13.0. The topological polar surface area (TPSA) is 254 Å². The molecule has 83 heavy (non-hydrogen) atoms. The van der Waals surface area contributed by atoms with E-state index in [1.807, 2.05) is 57.0 Å². The Labute approximate surface area is 538 Å². The minimum Gasteiger partial charge on any atom is -0.547 e. The monoisotopic (exact) mass is 1200 g/mol. The van der Waals surface area contributed by atoms with Gasteiger partial charge < -0.3 is 70.0 Å². The molecule has 2 saturated carbocycles. The van der Waals surface area contributed by atoms with Gasteiger partial charge in [0.2, 0.25) is 0 Å². The summed E-state index contributed by atoms with van der Waals surface area (Å²) in [7, 11) is 7.25. The minimum atomic E-state index is -1.36. The standard InChI is InChI=1S/C27H34N6O4S.C24H30N6OS.C6H10O4.2CH4.K/c1-31(2)27(37)25-24(17-5-3-4-6-17)19-13-23(29-15-21(19)38-25)30-22-8-7-18(14-28-22)32-9-11-33(12-10-32)26(36)20(35)16-34;1-29(2)24(31)23-22(16-5-3-4-6-16)18-13-21(27-15-19(18)32-23)28-20-8-7-17(14-26-20)30-11-9-25-10-12-30;1-6(2)9-3-4(10-6)5(7)8;;;/h7-8,13-15,17,20,34-35H,3-6,9-12,16H2,1-2H3,(H,28,29,30);7-8,13-16,25H,3-6,9-12H2,1-2H3,(H,26,27,28);4H,3H2,1-2H3,(H,7,8);2*1H4;/q;;;;;+1/p-1. The molecular formula is C59H81KN12O9S2. The molecule has 3 amide bonds. The predicted molar refractivity (Wildman–Crippen MR) is 323 cm³/mol. The third-order valence-corrected chi connectivity index (χ3v) is 17.4. The Bertz CT molecular complexity index is 3120. The Morgan fingerprint density at radius 3 is 1.49 bits per heavy atom. The van der Waals surface area contributed by atoms with Crippen LogP contribution in [0, 0.1) is 0 Å². The van der Waals surface area contributed by atoms with Gasteiger partial charge >= 0.3 is 51.4 Å². The molecule has 0 radical (unpaired) electrons. The summed E-state index contributed by atoms with van der Waals surface area (Å²) in [5.41, 5.74) is 4.48. The summed E-state index contributed by atoms with van der Waals surface area (Å²) in [5.74, 6) is 1.47. The van der Waals surface area contributed by atoms with Crippen LogP contribution >= 0.6 is 22.7 Å². The van der Waals surface area contributed by atoms with Gasteiger partial charge in [0, 0.05) is 104 Å². The van der Waals surface area contributed by atoms with E-state index < -0.39 is 36.5 Å². The number of nitrogens with one attached hydrogen (secondary N) is 3. The number of amides is 3. The SMILES string of the molecule is C.C.CC1(C)OCC(C(=O)[O-])O1.CN(C)C(=O)c1sc2cnc(Nc3ccc(N4CCN(C(=O)C(O)CO)CC4)cn3)cc2c1C1CCCC1.CN(C)C(=O)c1sc2cnc(Nc3ccc(N4CCNCC4)cn3)cc2c1C1CCCC1.[K+]. The quantitative estimate of drug-likeness (QED) is 0.102. The number of hydrogen-bond donors (Lipinski definition) is 5. The number of nitrogens with zero attached hydrogens (tertiary/aromatic N) is 9. The van der Waals surface area contributed by atoms with E-state index in [0.717, 1.165) is 105 Å². The van der Waals surface area contributed by atoms with Crippen LogP contribution in [0.25, 0.3) is 20.2 Å². The average molecular weight is 1210 g/mol. The van der Waals surface area contributed by atoms with E-state index in [2.05, 4.69) is 57.8 Å². The van der Waals surface area contributed by atoms with E-state index in [4.69, 9.17) is 14.6 Å². The van der Waals surface area contributed by atoms with Gasteiger partial charge in [-0.15, -0.1) is 22.7 Å². The second-order valence-electron chi connectivity index (χ2n) is 21.6. The molecule has 2 atom stereocenters. The first-order chi connectivity index (χ1) is 38.5. The van der Waals surface area contributed by atoms with E-state index in [1.165, 1.54) is 48.1 Å². The molecule has 5 aliphatic rings. The van der Waals surface area contributed by atoms with Crippen LogP contribution in [0.4, 0.5) is 34.6 Å². The number of ether oxygens (including phenoxy) is 2. The van der Waals surface area contributed by atoms with Crippen molar-refractivity contribution in [3.8, 4) is 0 Å². The summed E-state index contributed by atoms with van der Waals surface area (Å²) in [4.78, 5) is 77.6. The second-order valence-corrected chi connectivity index (χ2v) is 23.7. The third-order valence-electron chi connectivity index (χ3n) is 15.1. The van der Waals surface area contributed by atoms with E-state index in [0.29, 0.717) is 49.7 Å². The summed E-state index contributed by atoms with van der Waals surface area (Å²) < 4.78 is 12.0. The van der Waals surface area contributed by atoms with Crippen LogP contribution < -0.4 is 82.2 Å². The van der Waals surface area contributed by atoms with Crippen LogP contribution in [0.1, 0.15) is 122 Å². The first kappa shape index (κ1) is 67.2. The molecule has 2 aliphatic carbocycles. The van der Waals surface area contributed by atoms with Gasteiger partial charge in [0.05, 0.1) is 62.1 Å². The van der Waals surface area contributed by atoms with Crippen LogP contribution in [-0.2, 0) is 19.1 Å². The normalized spacial score (nSPS) is 18.1. The van der Waals surface area contributed by atoms with Crippen molar-refractivity contribution in [2.45, 2.75) is 110 Å². The molecule has 21 nitrogen and oxygen atoms in total. The maximum atomic E-state index is 13.0. The smallest absolute Gasteiger partial charge is 0.547 e. The molecule has 9 heterocycles. The molecule has 6 aromatic rings. The number of aliphatic hydroxyl groups is 2. The van der Waals surface area contributed by atoms with Crippen LogP contribution in [0.3, 0.4) is 0 Å². The fourth-order valence-corrected chi connectivity index (χ4v) is 13.4. The largest absolute Gasteiger partial charge is 1.00 e. The fraction of sp³-hybridized carbons (Fsp3) is 0.525. The van der Waals surface area contributed by atoms with Crippen LogP contribution in [0.15, 0.2) is 61.2 Å². The summed E-state index contributed by atoms with van der Waals surface area (Å²) in [6, 6.07) is 12.1. The van der Waals surface area contributed by atoms with Crippen LogP contribution in [0.2, 0.25) is 0 Å². The molecule has 11 rings (SSSR count). The zero-order valence-corrected chi connectivity index (χ0v) is 52.2. The number of aliphatic carboxylic acids is 1. The van der Waals surface area contributed by atoms with E-state index in [9.17, 15) is 29.4 Å². The zero-order valence-electron chi connectivity index (χ0n) is 47.4. The molecule has 0 aromatic carbocycles. The van der Waals surface area contributed by atoms with E-state index in [-0.39, 0.29) is 84.7 Å². The molecule has 444 valence electrons. The molecule has 3 aliphatic heterocycles. The van der Waals surface area contributed by atoms with Gasteiger partial charge in [-0.05, 0) is 98.9 Å². The average Bonchev–Trinajstić information content (AvgIpc) is 3.27. The van der Waals surface area contributed by atoms with Gasteiger partial charge in [-0.25, -0.2) is 19.9 Å². The van der Waals surface area contributed by atoms with Gasteiger partial charge in [0.15, 0.2) is 11.9 Å². The number of pyridine rings is 4. The number of carboxylic acid groups (broad SMARTS) is 1. The van der Waals surface area contributed by atoms with Gasteiger partial charge in [0.25, 0.3) is 17.7 Å². The van der Waals surface area contributed by atoms with Crippen molar-refractivity contribution in [1.82, 2.24) is 40.0 Å². The van der Waals surface area contributed by atoms with Crippen molar-refractivity contribution in [3.63, 3.8) is 0 Å². The molecule has 5 fully saturated rings. The van der Waals surface area contributed by atoms with Crippen molar-refractivity contribution in [2.24, 2.45) is 0 Å². The number of fused-ring (bicyclic) bond motifs is 2. The number of aromatic nitrogens is 4. The first-order valence-electron chi connectivity index (χ1n) is 27.5. The van der Waals surface area contributed by atoms with Crippen molar-refractivity contribution < 1.29 is 95.4 Å². The number of rotatable bonds is 13. The number of anilines is 6. The molecule has 3 saturated heterocycles. The first-order valence-corrected chi connectivity index (χ1v) is 29.2. The summed E-state index contributed by atoms with van der Waals surface area (Å²) in [6.07, 6.45) is 14.6. The van der Waals surface area contributed by atoms with Gasteiger partial charge in [-0.3, -0.25) is 14.4 Å². The zero-order chi connectivity index (χ0) is 56.7. The summed E-state index contributed by atoms with van der Waals surface area (Å²) in [5, 5.41) is 41.1. The number of piperazine rings is 2. The molecule has 24 heteroatoms. The second kappa shape index (κ2) is 30.4. The molecule has 5 N–H and O–H groups in total. The van der Waals surface area contributed by atoms with Gasteiger partial charge in [-0.1, -0.05) is 40.5 Å². The number of carbonyl (C=O) groups excluding carboxylic acids is 4. The molecule has 0 spiro atoms. The molecular weight excluding hydrogens is 1120 g/mol. The molecule has 2 unspecified atom stereocenters. The Kier molecular flexibility index (Phi) is 24.6. The van der Waals surface area contributed by atoms with E-state index >= 15 is 0 Å². The Balaban J connectivity index is 0.000000223. The van der Waals surface area contributed by atoms with Gasteiger partial charge in [0.1, 0.15) is 29.4 Å². The minimum absolute atomic E-state index is 0. The number of thiophene rings is 2. The number of aliphatic hydroxyl groups excluding tert-OH is 2. The molecule has 0 bridgehead atoms. The Morgan fingerprint density at radius 1 is 0.699 bits per heavy atom. The Hall–Kier alpha value is -4.96. The number of carbonyl (C=O) groups is 4. The van der Waals surface area contributed by atoms with E-state index in [1.54, 1.807) is 60.2 Å².